The van der Waals surface area contributed by atoms with Gasteiger partial charge >= 0.3 is 0 Å². The average Bonchev–Trinajstić information content (AvgIpc) is 2.31. The van der Waals surface area contributed by atoms with Gasteiger partial charge in [0, 0.05) is 16.1 Å². The Labute approximate surface area is 118 Å². The van der Waals surface area contributed by atoms with Crippen LogP contribution in [0.3, 0.4) is 0 Å². The molecule has 2 aromatic rings. The van der Waals surface area contributed by atoms with Gasteiger partial charge in [0.05, 0.1) is 10.0 Å². The van der Waals surface area contributed by atoms with E-state index in [-0.39, 0.29) is 10.6 Å². The highest BCUT2D eigenvalue weighted by Gasteiger charge is 2.13. The summed E-state index contributed by atoms with van der Waals surface area (Å²) < 4.78 is 25.4. The summed E-state index contributed by atoms with van der Waals surface area (Å²) >= 11 is 17.8. The van der Waals surface area contributed by atoms with Gasteiger partial charge in [-0.2, -0.15) is 0 Å². The fraction of sp³-hybridized carbons (Fsp3) is 0.0769. The maximum absolute atomic E-state index is 12.7. The highest BCUT2D eigenvalue weighted by atomic mass is 35.5. The molecular formula is C13H7Cl3F2. The van der Waals surface area contributed by atoms with E-state index in [2.05, 4.69) is 0 Å². The van der Waals surface area contributed by atoms with Crippen molar-refractivity contribution in [2.75, 3.05) is 0 Å². The fourth-order valence-corrected chi connectivity index (χ4v) is 2.27. The van der Waals surface area contributed by atoms with E-state index < -0.39 is 6.43 Å². The third-order valence-corrected chi connectivity index (χ3v) is 3.47. The predicted molar refractivity (Wildman–Crippen MR) is 71.9 cm³/mol. The molecule has 0 fully saturated rings. The zero-order valence-electron chi connectivity index (χ0n) is 8.93. The lowest BCUT2D eigenvalue weighted by Crippen LogP contribution is -1.87. The molecule has 0 atom stereocenters. The second-order valence-electron chi connectivity index (χ2n) is 3.68. The normalized spacial score (nSPS) is 11.0. The zero-order chi connectivity index (χ0) is 13.3. The predicted octanol–water partition coefficient (Wildman–Crippen LogP) is 6.25. The first-order chi connectivity index (χ1) is 8.49. The molecule has 0 aliphatic carbocycles. The Morgan fingerprint density at radius 3 is 2.33 bits per heavy atom. The van der Waals surface area contributed by atoms with Gasteiger partial charge in [0.1, 0.15) is 0 Å². The summed E-state index contributed by atoms with van der Waals surface area (Å²) in [5.74, 6) is 0. The van der Waals surface area contributed by atoms with Crippen molar-refractivity contribution in [3.05, 3.63) is 57.0 Å². The van der Waals surface area contributed by atoms with E-state index in [0.29, 0.717) is 21.2 Å². The van der Waals surface area contributed by atoms with E-state index in [1.54, 1.807) is 24.3 Å². The standard InChI is InChI=1S/C13H7Cl3F2/c14-9-5-7(4-8(6-9)13(17)18)10-2-1-3-11(15)12(10)16/h1-6,13H. The third kappa shape index (κ3) is 2.77. The molecule has 0 heterocycles. The van der Waals surface area contributed by atoms with Crippen LogP contribution < -0.4 is 0 Å². The van der Waals surface area contributed by atoms with E-state index in [4.69, 9.17) is 34.8 Å². The molecule has 2 rings (SSSR count). The number of alkyl halides is 2. The van der Waals surface area contributed by atoms with Gasteiger partial charge < -0.3 is 0 Å². The smallest absolute Gasteiger partial charge is 0.205 e. The van der Waals surface area contributed by atoms with Crippen molar-refractivity contribution in [1.29, 1.82) is 0 Å². The van der Waals surface area contributed by atoms with Gasteiger partial charge in [0.25, 0.3) is 6.43 Å². The van der Waals surface area contributed by atoms with E-state index in [1.807, 2.05) is 0 Å². The van der Waals surface area contributed by atoms with Crippen LogP contribution in [0.4, 0.5) is 8.78 Å². The molecule has 0 aliphatic rings. The summed E-state index contributed by atoms with van der Waals surface area (Å²) in [7, 11) is 0. The summed E-state index contributed by atoms with van der Waals surface area (Å²) in [5.41, 5.74) is 0.951. The van der Waals surface area contributed by atoms with Gasteiger partial charge in [-0.3, -0.25) is 0 Å². The summed E-state index contributed by atoms with van der Waals surface area (Å²) in [4.78, 5) is 0. The minimum absolute atomic E-state index is 0.145. The van der Waals surface area contributed by atoms with E-state index >= 15 is 0 Å². The fourth-order valence-electron chi connectivity index (χ4n) is 1.62. The lowest BCUT2D eigenvalue weighted by atomic mass is 10.0. The van der Waals surface area contributed by atoms with Gasteiger partial charge in [0.15, 0.2) is 0 Å². The molecule has 0 aromatic heterocycles. The molecule has 94 valence electrons. The van der Waals surface area contributed by atoms with Crippen molar-refractivity contribution in [1.82, 2.24) is 0 Å². The summed E-state index contributed by atoms with van der Waals surface area (Å²) in [6, 6.07) is 9.20. The third-order valence-electron chi connectivity index (χ3n) is 2.43. The van der Waals surface area contributed by atoms with Crippen molar-refractivity contribution in [3.63, 3.8) is 0 Å². The molecule has 0 bridgehead atoms. The molecule has 0 radical (unpaired) electrons. The Morgan fingerprint density at radius 2 is 1.67 bits per heavy atom. The molecule has 0 aliphatic heterocycles. The minimum Gasteiger partial charge on any atom is -0.205 e. The number of benzene rings is 2. The second kappa shape index (κ2) is 5.43. The molecule has 0 spiro atoms. The molecule has 5 heteroatoms. The number of rotatable bonds is 2. The van der Waals surface area contributed by atoms with Crippen LogP contribution in [0, 0.1) is 0 Å². The summed E-state index contributed by atoms with van der Waals surface area (Å²) in [6.07, 6.45) is -2.58. The van der Waals surface area contributed by atoms with Crippen molar-refractivity contribution >= 4 is 34.8 Å². The van der Waals surface area contributed by atoms with Crippen LogP contribution in [0.25, 0.3) is 11.1 Å². The molecule has 0 saturated heterocycles. The van der Waals surface area contributed by atoms with Gasteiger partial charge in [-0.1, -0.05) is 46.9 Å². The molecule has 0 amide bonds. The maximum atomic E-state index is 12.7. The van der Waals surface area contributed by atoms with Crippen molar-refractivity contribution in [2.45, 2.75) is 6.43 Å². The van der Waals surface area contributed by atoms with Gasteiger partial charge in [-0.15, -0.1) is 0 Å². The molecule has 0 saturated carbocycles. The Kier molecular flexibility index (Phi) is 4.10. The van der Waals surface area contributed by atoms with Crippen LogP contribution in [0.15, 0.2) is 36.4 Å². The van der Waals surface area contributed by atoms with Gasteiger partial charge in [-0.25, -0.2) is 8.78 Å². The Morgan fingerprint density at radius 1 is 0.944 bits per heavy atom. The monoisotopic (exact) mass is 306 g/mol. The van der Waals surface area contributed by atoms with Crippen LogP contribution in [0.1, 0.15) is 12.0 Å². The highest BCUT2D eigenvalue weighted by molar-refractivity contribution is 6.43. The van der Waals surface area contributed by atoms with Crippen LogP contribution in [-0.2, 0) is 0 Å². The highest BCUT2D eigenvalue weighted by Crippen LogP contribution is 2.36. The molecule has 0 nitrogen and oxygen atoms in total. The van der Waals surface area contributed by atoms with Crippen LogP contribution in [0.5, 0.6) is 0 Å². The number of halogens is 5. The van der Waals surface area contributed by atoms with Crippen molar-refractivity contribution in [3.8, 4) is 11.1 Å². The first-order valence-electron chi connectivity index (χ1n) is 5.02. The first kappa shape index (κ1) is 13.6. The van der Waals surface area contributed by atoms with E-state index in [1.165, 1.54) is 12.1 Å². The van der Waals surface area contributed by atoms with Crippen LogP contribution >= 0.6 is 34.8 Å². The van der Waals surface area contributed by atoms with E-state index in [9.17, 15) is 8.78 Å². The lowest BCUT2D eigenvalue weighted by molar-refractivity contribution is 0.151. The Hall–Kier alpha value is -0.830. The van der Waals surface area contributed by atoms with Gasteiger partial charge in [0.2, 0.25) is 0 Å². The topological polar surface area (TPSA) is 0 Å². The van der Waals surface area contributed by atoms with Crippen molar-refractivity contribution < 1.29 is 8.78 Å². The Balaban J connectivity index is 2.60. The first-order valence-corrected chi connectivity index (χ1v) is 6.15. The van der Waals surface area contributed by atoms with Gasteiger partial charge in [-0.05, 0) is 29.8 Å². The average molecular weight is 308 g/mol. The largest absolute Gasteiger partial charge is 0.263 e. The Bertz CT molecular complexity index is 582. The molecule has 0 unspecified atom stereocenters. The zero-order valence-corrected chi connectivity index (χ0v) is 11.2. The number of hydrogen-bond acceptors (Lipinski definition) is 0. The minimum atomic E-state index is -2.58. The summed E-state index contributed by atoms with van der Waals surface area (Å²) in [5, 5.41) is 0.924. The van der Waals surface area contributed by atoms with Crippen molar-refractivity contribution in [2.24, 2.45) is 0 Å². The van der Waals surface area contributed by atoms with Crippen LogP contribution in [-0.4, -0.2) is 0 Å². The molecule has 18 heavy (non-hydrogen) atoms. The molecule has 0 N–H and O–H groups in total. The molecule has 2 aromatic carbocycles. The lowest BCUT2D eigenvalue weighted by Gasteiger charge is -2.09. The van der Waals surface area contributed by atoms with Crippen LogP contribution in [0.2, 0.25) is 15.1 Å². The quantitative estimate of drug-likeness (QED) is 0.615. The molecular weight excluding hydrogens is 300 g/mol. The number of hydrogen-bond donors (Lipinski definition) is 0. The SMILES string of the molecule is FC(F)c1cc(Cl)cc(-c2cccc(Cl)c2Cl)c1. The maximum Gasteiger partial charge on any atom is 0.263 e. The second-order valence-corrected chi connectivity index (χ2v) is 4.90. The van der Waals surface area contributed by atoms with E-state index in [0.717, 1.165) is 0 Å². The summed E-state index contributed by atoms with van der Waals surface area (Å²) in [6.45, 7) is 0.